The number of rotatable bonds is 3. The summed E-state index contributed by atoms with van der Waals surface area (Å²) in [7, 11) is 1.19. The van der Waals surface area contributed by atoms with Crippen LogP contribution in [0.25, 0.3) is 6.08 Å². The molecular weight excluding hydrogens is 330 g/mol. The number of phenolic OH excluding ortho intramolecular Hbond substituents is 1. The highest BCUT2D eigenvalue weighted by Crippen LogP contribution is 2.34. The van der Waals surface area contributed by atoms with E-state index in [0.717, 1.165) is 16.7 Å². The summed E-state index contributed by atoms with van der Waals surface area (Å²) in [5.74, 6) is -1.32. The Morgan fingerprint density at radius 2 is 2.14 bits per heavy atom. The van der Waals surface area contributed by atoms with E-state index in [2.05, 4.69) is 4.74 Å². The molecule has 116 valence electrons. The minimum atomic E-state index is -0.994. The highest BCUT2D eigenvalue weighted by Gasteiger charge is 2.41. The Morgan fingerprint density at radius 3 is 2.73 bits per heavy atom. The Morgan fingerprint density at radius 1 is 1.45 bits per heavy atom. The van der Waals surface area contributed by atoms with Gasteiger partial charge in [0.05, 0.1) is 17.0 Å². The number of hydrogen-bond acceptors (Lipinski definition) is 6. The van der Waals surface area contributed by atoms with Crippen molar-refractivity contribution in [3.05, 3.63) is 33.7 Å². The van der Waals surface area contributed by atoms with Crippen LogP contribution in [0.3, 0.4) is 0 Å². The lowest BCUT2D eigenvalue weighted by atomic mass is 10.2. The quantitative estimate of drug-likeness (QED) is 0.672. The van der Waals surface area contributed by atoms with Gasteiger partial charge < -0.3 is 9.84 Å². The van der Waals surface area contributed by atoms with Crippen molar-refractivity contribution >= 4 is 46.6 Å². The van der Waals surface area contributed by atoms with Crippen LogP contribution in [0.1, 0.15) is 12.5 Å². The van der Waals surface area contributed by atoms with Crippen LogP contribution in [0, 0.1) is 0 Å². The second-order valence-electron chi connectivity index (χ2n) is 4.46. The predicted octanol–water partition coefficient (Wildman–Crippen LogP) is 2.64. The van der Waals surface area contributed by atoms with Gasteiger partial charge in [0.15, 0.2) is 0 Å². The SMILES string of the molecule is COC(=O)[C@H](C)N1C(=O)S/C(=C\c2ccc(O)c(Cl)c2)C1=O. The molecule has 1 aliphatic rings. The van der Waals surface area contributed by atoms with Crippen LogP contribution in [0.2, 0.25) is 5.02 Å². The van der Waals surface area contributed by atoms with Gasteiger partial charge in [0.25, 0.3) is 11.1 Å². The van der Waals surface area contributed by atoms with Crippen LogP contribution in [-0.4, -0.2) is 40.3 Å². The molecule has 0 spiro atoms. The largest absolute Gasteiger partial charge is 0.506 e. The molecule has 1 saturated heterocycles. The summed E-state index contributed by atoms with van der Waals surface area (Å²) < 4.78 is 4.54. The number of halogens is 1. The molecule has 8 heteroatoms. The minimum Gasteiger partial charge on any atom is -0.506 e. The summed E-state index contributed by atoms with van der Waals surface area (Å²) >= 11 is 6.52. The smallest absolute Gasteiger partial charge is 0.328 e. The molecule has 0 unspecified atom stereocenters. The maximum absolute atomic E-state index is 12.3. The zero-order valence-electron chi connectivity index (χ0n) is 11.7. The fourth-order valence-electron chi connectivity index (χ4n) is 1.85. The van der Waals surface area contributed by atoms with Crippen molar-refractivity contribution in [2.75, 3.05) is 7.11 Å². The van der Waals surface area contributed by atoms with Gasteiger partial charge in [-0.05, 0) is 42.5 Å². The molecule has 1 aromatic rings. The van der Waals surface area contributed by atoms with E-state index < -0.39 is 23.2 Å². The predicted molar refractivity (Wildman–Crippen MR) is 82.4 cm³/mol. The van der Waals surface area contributed by atoms with Crippen LogP contribution in [0.15, 0.2) is 23.1 Å². The maximum atomic E-state index is 12.3. The standard InChI is InChI=1S/C14H12ClNO5S/c1-7(13(19)21-2)16-12(18)11(22-14(16)20)6-8-3-4-10(17)9(15)5-8/h3-7,17H,1-2H3/b11-6-/t7-/m0/s1. The number of methoxy groups -OCH3 is 1. The Kier molecular flexibility index (Phi) is 4.77. The number of carbonyl (C=O) groups excluding carboxylic acids is 3. The number of imide groups is 1. The highest BCUT2D eigenvalue weighted by atomic mass is 35.5. The van der Waals surface area contributed by atoms with Crippen molar-refractivity contribution in [3.8, 4) is 5.75 Å². The first-order valence-electron chi connectivity index (χ1n) is 6.18. The summed E-state index contributed by atoms with van der Waals surface area (Å²) in [5.41, 5.74) is 0.555. The van der Waals surface area contributed by atoms with E-state index in [-0.39, 0.29) is 15.7 Å². The van der Waals surface area contributed by atoms with Gasteiger partial charge >= 0.3 is 5.97 Å². The first-order valence-corrected chi connectivity index (χ1v) is 7.38. The van der Waals surface area contributed by atoms with Crippen LogP contribution in [-0.2, 0) is 14.3 Å². The van der Waals surface area contributed by atoms with E-state index in [1.54, 1.807) is 6.07 Å². The van der Waals surface area contributed by atoms with E-state index in [0.29, 0.717) is 5.56 Å². The number of phenols is 1. The van der Waals surface area contributed by atoms with Crippen molar-refractivity contribution in [2.24, 2.45) is 0 Å². The molecular formula is C14H12ClNO5S. The average Bonchev–Trinajstić information content (AvgIpc) is 2.75. The molecule has 1 fully saturated rings. The number of aromatic hydroxyl groups is 1. The van der Waals surface area contributed by atoms with Gasteiger partial charge in [-0.3, -0.25) is 14.5 Å². The number of thioether (sulfide) groups is 1. The van der Waals surface area contributed by atoms with Crippen LogP contribution < -0.4 is 0 Å². The van der Waals surface area contributed by atoms with Gasteiger partial charge in [-0.2, -0.15) is 0 Å². The molecule has 6 nitrogen and oxygen atoms in total. The molecule has 2 amide bonds. The van der Waals surface area contributed by atoms with Gasteiger partial charge in [0.1, 0.15) is 11.8 Å². The fourth-order valence-corrected chi connectivity index (χ4v) is 2.95. The first-order chi connectivity index (χ1) is 10.3. The van der Waals surface area contributed by atoms with Crippen molar-refractivity contribution < 1.29 is 24.2 Å². The number of ether oxygens (including phenoxy) is 1. The summed E-state index contributed by atoms with van der Waals surface area (Å²) in [6, 6.07) is 3.41. The van der Waals surface area contributed by atoms with Crippen molar-refractivity contribution in [1.82, 2.24) is 4.90 Å². The lowest BCUT2D eigenvalue weighted by Crippen LogP contribution is -2.42. The second kappa shape index (κ2) is 6.41. The van der Waals surface area contributed by atoms with Crippen molar-refractivity contribution in [1.29, 1.82) is 0 Å². The Bertz CT molecular complexity index is 688. The molecule has 1 N–H and O–H groups in total. The number of esters is 1. The molecule has 1 aromatic carbocycles. The zero-order valence-corrected chi connectivity index (χ0v) is 13.3. The van der Waals surface area contributed by atoms with E-state index in [1.165, 1.54) is 32.2 Å². The molecule has 0 saturated carbocycles. The number of carbonyl (C=O) groups is 3. The normalized spacial score (nSPS) is 18.0. The van der Waals surface area contributed by atoms with E-state index >= 15 is 0 Å². The molecule has 0 bridgehead atoms. The Balaban J connectivity index is 2.29. The van der Waals surface area contributed by atoms with Gasteiger partial charge in [0, 0.05) is 0 Å². The molecule has 1 heterocycles. The summed E-state index contributed by atoms with van der Waals surface area (Å²) in [6.45, 7) is 1.42. The topological polar surface area (TPSA) is 83.9 Å². The molecule has 0 aliphatic carbocycles. The van der Waals surface area contributed by atoms with Crippen molar-refractivity contribution in [3.63, 3.8) is 0 Å². The maximum Gasteiger partial charge on any atom is 0.328 e. The summed E-state index contributed by atoms with van der Waals surface area (Å²) in [6.07, 6.45) is 1.47. The summed E-state index contributed by atoms with van der Waals surface area (Å²) in [5, 5.41) is 8.96. The van der Waals surface area contributed by atoms with Gasteiger partial charge in [-0.1, -0.05) is 17.7 Å². The molecule has 1 aliphatic heterocycles. The zero-order chi connectivity index (χ0) is 16.4. The highest BCUT2D eigenvalue weighted by molar-refractivity contribution is 8.18. The Hall–Kier alpha value is -1.99. The molecule has 0 aromatic heterocycles. The monoisotopic (exact) mass is 341 g/mol. The number of hydrogen-bond donors (Lipinski definition) is 1. The Labute approximate surface area is 135 Å². The molecule has 2 rings (SSSR count). The third kappa shape index (κ3) is 3.10. The lowest BCUT2D eigenvalue weighted by molar-refractivity contribution is -0.148. The lowest BCUT2D eigenvalue weighted by Gasteiger charge is -2.18. The average molecular weight is 342 g/mol. The van der Waals surface area contributed by atoms with Crippen LogP contribution >= 0.6 is 23.4 Å². The molecule has 22 heavy (non-hydrogen) atoms. The fraction of sp³-hybridized carbons (Fsp3) is 0.214. The third-order valence-corrected chi connectivity index (χ3v) is 4.21. The summed E-state index contributed by atoms with van der Waals surface area (Å²) in [4.78, 5) is 36.7. The third-order valence-electron chi connectivity index (χ3n) is 3.02. The molecule has 1 atom stereocenters. The van der Waals surface area contributed by atoms with Gasteiger partial charge in [0.2, 0.25) is 0 Å². The van der Waals surface area contributed by atoms with Crippen molar-refractivity contribution in [2.45, 2.75) is 13.0 Å². The van der Waals surface area contributed by atoms with Crippen LogP contribution in [0.5, 0.6) is 5.75 Å². The first kappa shape index (κ1) is 16.4. The van der Waals surface area contributed by atoms with Gasteiger partial charge in [-0.15, -0.1) is 0 Å². The second-order valence-corrected chi connectivity index (χ2v) is 5.86. The van der Waals surface area contributed by atoms with Gasteiger partial charge in [-0.25, -0.2) is 4.79 Å². The molecule has 0 radical (unpaired) electrons. The number of amides is 2. The minimum absolute atomic E-state index is 0.0776. The van der Waals surface area contributed by atoms with E-state index in [1.807, 2.05) is 0 Å². The van der Waals surface area contributed by atoms with E-state index in [4.69, 9.17) is 11.6 Å². The van der Waals surface area contributed by atoms with Crippen LogP contribution in [0.4, 0.5) is 4.79 Å². The van der Waals surface area contributed by atoms with E-state index in [9.17, 15) is 19.5 Å². The number of benzene rings is 1. The number of nitrogens with zero attached hydrogens (tertiary/aromatic N) is 1.